The van der Waals surface area contributed by atoms with Crippen molar-refractivity contribution in [2.75, 3.05) is 24.7 Å². The predicted molar refractivity (Wildman–Crippen MR) is 101 cm³/mol. The highest BCUT2D eigenvalue weighted by molar-refractivity contribution is 5.91. The van der Waals surface area contributed by atoms with Crippen LogP contribution in [0.25, 0.3) is 0 Å². The summed E-state index contributed by atoms with van der Waals surface area (Å²) in [6.07, 6.45) is 3.03. The molecule has 138 valence electrons. The number of nitrogens with two attached hydrogens (primary N) is 2. The Labute approximate surface area is 152 Å². The fraction of sp³-hybridized carbons (Fsp3) is 0.474. The van der Waals surface area contributed by atoms with Crippen LogP contribution in [-0.2, 0) is 12.8 Å². The van der Waals surface area contributed by atoms with Gasteiger partial charge in [-0.25, -0.2) is 0 Å². The number of aryl methyl sites for hydroxylation is 2. The zero-order valence-corrected chi connectivity index (χ0v) is 15.2. The van der Waals surface area contributed by atoms with Gasteiger partial charge in [-0.3, -0.25) is 4.79 Å². The molecule has 26 heavy (non-hydrogen) atoms. The molecule has 5 N–H and O–H groups in total. The topological polar surface area (TPSA) is 108 Å². The molecular weight excluding hydrogens is 330 g/mol. The molecule has 7 heteroatoms. The second kappa shape index (κ2) is 6.32. The first-order valence-electron chi connectivity index (χ1n) is 9.08. The van der Waals surface area contributed by atoms with Gasteiger partial charge >= 0.3 is 0 Å². The van der Waals surface area contributed by atoms with Gasteiger partial charge in [-0.15, -0.1) is 0 Å². The highest BCUT2D eigenvalue weighted by Crippen LogP contribution is 2.40. The molecule has 1 aromatic carbocycles. The minimum absolute atomic E-state index is 0.0825. The number of nitrogens with zero attached hydrogens (tertiary/aromatic N) is 2. The second-order valence-corrected chi connectivity index (χ2v) is 7.26. The quantitative estimate of drug-likeness (QED) is 0.758. The lowest BCUT2D eigenvalue weighted by Gasteiger charge is -2.27. The van der Waals surface area contributed by atoms with Gasteiger partial charge < -0.3 is 21.5 Å². The van der Waals surface area contributed by atoms with Gasteiger partial charge in [0.1, 0.15) is 11.6 Å². The van der Waals surface area contributed by atoms with E-state index < -0.39 is 0 Å². The molecule has 2 aromatic rings. The molecule has 0 radical (unpaired) electrons. The molecule has 1 aromatic heterocycles. The number of aromatic nitrogens is 2. The van der Waals surface area contributed by atoms with Gasteiger partial charge in [-0.2, -0.15) is 9.78 Å². The van der Waals surface area contributed by atoms with E-state index in [-0.39, 0.29) is 17.9 Å². The minimum atomic E-state index is -0.294. The van der Waals surface area contributed by atoms with Crippen molar-refractivity contribution in [2.45, 2.75) is 44.6 Å². The van der Waals surface area contributed by atoms with E-state index in [2.05, 4.69) is 10.4 Å². The molecule has 0 fully saturated rings. The van der Waals surface area contributed by atoms with Crippen LogP contribution in [0, 0.1) is 6.92 Å². The number of carbonyl (C=O) groups is 1. The smallest absolute Gasteiger partial charge is 0.256 e. The summed E-state index contributed by atoms with van der Waals surface area (Å²) in [5, 5.41) is 7.89. The van der Waals surface area contributed by atoms with Crippen molar-refractivity contribution in [3.63, 3.8) is 0 Å². The maximum atomic E-state index is 13.3. The Morgan fingerprint density at radius 2 is 2.19 bits per heavy atom. The van der Waals surface area contributed by atoms with Gasteiger partial charge in [0, 0.05) is 18.2 Å². The number of fused-ring (bicyclic) bond motifs is 2. The van der Waals surface area contributed by atoms with E-state index in [0.717, 1.165) is 46.7 Å². The number of hydrogen-bond acceptors (Lipinski definition) is 6. The lowest BCUT2D eigenvalue weighted by molar-refractivity contribution is 0.0859. The predicted octanol–water partition coefficient (Wildman–Crippen LogP) is 1.84. The molecule has 0 spiro atoms. The van der Waals surface area contributed by atoms with Crippen LogP contribution in [0.2, 0.25) is 0 Å². The Morgan fingerprint density at radius 1 is 1.38 bits per heavy atom. The van der Waals surface area contributed by atoms with Crippen molar-refractivity contribution in [1.82, 2.24) is 9.78 Å². The lowest BCUT2D eigenvalue weighted by atomic mass is 9.88. The molecule has 2 heterocycles. The summed E-state index contributed by atoms with van der Waals surface area (Å²) in [4.78, 5) is 13.3. The zero-order chi connectivity index (χ0) is 18.4. The Morgan fingerprint density at radius 3 is 2.96 bits per heavy atom. The van der Waals surface area contributed by atoms with Crippen molar-refractivity contribution in [2.24, 2.45) is 5.73 Å². The summed E-state index contributed by atoms with van der Waals surface area (Å²) in [7, 11) is 1.64. The molecule has 2 atom stereocenters. The summed E-state index contributed by atoms with van der Waals surface area (Å²) in [5.41, 5.74) is 17.1. The van der Waals surface area contributed by atoms with Crippen molar-refractivity contribution in [3.8, 4) is 5.75 Å². The van der Waals surface area contributed by atoms with E-state index in [1.807, 2.05) is 19.1 Å². The Balaban J connectivity index is 1.74. The molecule has 1 unspecified atom stereocenters. The minimum Gasteiger partial charge on any atom is -0.495 e. The number of benzene rings is 1. The third-order valence-electron chi connectivity index (χ3n) is 5.44. The van der Waals surface area contributed by atoms with Gasteiger partial charge in [-0.1, -0.05) is 6.07 Å². The Bertz CT molecular complexity index is 873. The van der Waals surface area contributed by atoms with Crippen LogP contribution in [0.3, 0.4) is 0 Å². The van der Waals surface area contributed by atoms with Crippen molar-refractivity contribution in [3.05, 3.63) is 34.5 Å². The van der Waals surface area contributed by atoms with E-state index in [4.69, 9.17) is 16.2 Å². The number of rotatable bonds is 2. The molecule has 2 aliphatic rings. The summed E-state index contributed by atoms with van der Waals surface area (Å²) >= 11 is 0. The first kappa shape index (κ1) is 16.9. The second-order valence-electron chi connectivity index (χ2n) is 7.26. The SMILES string of the molecule is COc1cc(C)cc2c1NCC[C@@H]2C(=O)n1nc2c(c1N)CC(N)CC2. The molecule has 0 amide bonds. The summed E-state index contributed by atoms with van der Waals surface area (Å²) in [5.74, 6) is 0.828. The van der Waals surface area contributed by atoms with Crippen LogP contribution in [-0.4, -0.2) is 35.4 Å². The molecule has 1 aliphatic carbocycles. The van der Waals surface area contributed by atoms with Crippen LogP contribution >= 0.6 is 0 Å². The first-order chi connectivity index (χ1) is 12.5. The molecule has 0 saturated heterocycles. The van der Waals surface area contributed by atoms with Gasteiger partial charge in [0.25, 0.3) is 5.91 Å². The molecule has 0 saturated carbocycles. The number of carbonyl (C=O) groups excluding carboxylic acids is 1. The first-order valence-corrected chi connectivity index (χ1v) is 9.08. The number of nitrogen functional groups attached to an aromatic ring is 1. The van der Waals surface area contributed by atoms with Gasteiger partial charge in [0.2, 0.25) is 0 Å². The Hall–Kier alpha value is -2.54. The fourth-order valence-corrected chi connectivity index (χ4v) is 4.09. The molecule has 7 nitrogen and oxygen atoms in total. The lowest BCUT2D eigenvalue weighted by Crippen LogP contribution is -2.29. The number of ether oxygens (including phenoxy) is 1. The van der Waals surface area contributed by atoms with Crippen molar-refractivity contribution in [1.29, 1.82) is 0 Å². The van der Waals surface area contributed by atoms with Gasteiger partial charge in [0.15, 0.2) is 0 Å². The largest absolute Gasteiger partial charge is 0.495 e. The van der Waals surface area contributed by atoms with Crippen molar-refractivity contribution < 1.29 is 9.53 Å². The standard InChI is InChI=1S/C19H25N5O2/c1-10-7-13-12(5-6-22-17(13)16(8-10)26-2)19(25)24-18(21)14-9-11(20)3-4-15(14)23-24/h7-8,11-12,22H,3-6,9,20-21H2,1-2H3/t11?,12-/m0/s1. The molecule has 4 rings (SSSR count). The van der Waals surface area contributed by atoms with Crippen LogP contribution in [0.15, 0.2) is 12.1 Å². The monoisotopic (exact) mass is 355 g/mol. The molecule has 1 aliphatic heterocycles. The van der Waals surface area contributed by atoms with Crippen LogP contribution in [0.5, 0.6) is 5.75 Å². The molecule has 0 bridgehead atoms. The van der Waals surface area contributed by atoms with E-state index in [1.54, 1.807) is 7.11 Å². The number of hydrogen-bond donors (Lipinski definition) is 3. The van der Waals surface area contributed by atoms with E-state index in [1.165, 1.54) is 4.68 Å². The highest BCUT2D eigenvalue weighted by atomic mass is 16.5. The van der Waals surface area contributed by atoms with Crippen LogP contribution in [0.1, 0.15) is 45.9 Å². The third-order valence-corrected chi connectivity index (χ3v) is 5.44. The van der Waals surface area contributed by atoms with Crippen LogP contribution < -0.4 is 21.5 Å². The number of anilines is 2. The maximum Gasteiger partial charge on any atom is 0.256 e. The number of nitrogens with one attached hydrogen (secondary N) is 1. The average molecular weight is 355 g/mol. The highest BCUT2D eigenvalue weighted by Gasteiger charge is 2.33. The average Bonchev–Trinajstić information content (AvgIpc) is 2.96. The molecular formula is C19H25N5O2. The van der Waals surface area contributed by atoms with E-state index >= 15 is 0 Å². The normalized spacial score (nSPS) is 21.5. The van der Waals surface area contributed by atoms with Gasteiger partial charge in [0.05, 0.1) is 24.4 Å². The van der Waals surface area contributed by atoms with E-state index in [0.29, 0.717) is 25.2 Å². The zero-order valence-electron chi connectivity index (χ0n) is 15.2. The maximum absolute atomic E-state index is 13.3. The fourth-order valence-electron chi connectivity index (χ4n) is 4.09. The van der Waals surface area contributed by atoms with Crippen LogP contribution in [0.4, 0.5) is 11.5 Å². The van der Waals surface area contributed by atoms with Crippen molar-refractivity contribution >= 4 is 17.4 Å². The third kappa shape index (κ3) is 2.63. The summed E-state index contributed by atoms with van der Waals surface area (Å²) in [6, 6.07) is 4.10. The van der Waals surface area contributed by atoms with Gasteiger partial charge in [-0.05, 0) is 49.8 Å². The Kier molecular flexibility index (Phi) is 4.11. The van der Waals surface area contributed by atoms with E-state index in [9.17, 15) is 4.79 Å². The summed E-state index contributed by atoms with van der Waals surface area (Å²) < 4.78 is 6.89. The number of methoxy groups -OCH3 is 1. The summed E-state index contributed by atoms with van der Waals surface area (Å²) in [6.45, 7) is 2.70.